The van der Waals surface area contributed by atoms with E-state index < -0.39 is 11.5 Å². The van der Waals surface area contributed by atoms with Crippen LogP contribution >= 0.6 is 11.6 Å². The lowest BCUT2D eigenvalue weighted by atomic mass is 10.0. The lowest BCUT2D eigenvalue weighted by Gasteiger charge is -2.25. The second-order valence-corrected chi connectivity index (χ2v) is 10.9. The van der Waals surface area contributed by atoms with Gasteiger partial charge in [0.1, 0.15) is 5.65 Å². The zero-order valence-corrected chi connectivity index (χ0v) is 24.4. The van der Waals surface area contributed by atoms with E-state index in [0.29, 0.717) is 47.5 Å². The maximum Gasteiger partial charge on any atom is 0.354 e. The SMILES string of the molecule is C[C@H](N)CCCc1cc(Cl)c(F)c(-c2cc3cn(-c4ccc([C@H](C)N(C=O)CCCN=C(N)N)cc4)c(=O)nc3[nH]2)c1. The number of hydrogen-bond acceptors (Lipinski definition) is 5. The van der Waals surface area contributed by atoms with E-state index in [9.17, 15) is 9.59 Å². The normalized spacial score (nSPS) is 12.7. The van der Waals surface area contributed by atoms with E-state index in [1.807, 2.05) is 26.0 Å². The van der Waals surface area contributed by atoms with Crippen molar-refractivity contribution in [2.75, 3.05) is 13.1 Å². The van der Waals surface area contributed by atoms with E-state index >= 15 is 4.39 Å². The van der Waals surface area contributed by atoms with Gasteiger partial charge in [0.15, 0.2) is 11.8 Å². The van der Waals surface area contributed by atoms with Crippen LogP contribution in [0.15, 0.2) is 58.4 Å². The van der Waals surface area contributed by atoms with Crippen molar-refractivity contribution in [3.05, 3.63) is 81.1 Å². The second-order valence-electron chi connectivity index (χ2n) is 10.5. The van der Waals surface area contributed by atoms with Gasteiger partial charge in [0.2, 0.25) is 6.41 Å². The van der Waals surface area contributed by atoms with E-state index in [-0.39, 0.29) is 23.1 Å². The fourth-order valence-corrected chi connectivity index (χ4v) is 5.08. The number of guanidine groups is 1. The Hall–Kier alpha value is -4.22. The summed E-state index contributed by atoms with van der Waals surface area (Å²) in [5.74, 6) is -0.524. The first-order chi connectivity index (χ1) is 20.1. The van der Waals surface area contributed by atoms with Gasteiger partial charge in [-0.25, -0.2) is 9.18 Å². The molecule has 0 saturated heterocycles. The molecule has 2 aromatic heterocycles. The minimum absolute atomic E-state index is 0.0182. The van der Waals surface area contributed by atoms with Crippen LogP contribution in [0.5, 0.6) is 0 Å². The number of benzene rings is 2. The van der Waals surface area contributed by atoms with Crippen LogP contribution in [0.1, 0.15) is 50.3 Å². The first kappa shape index (κ1) is 30.7. The number of amides is 1. The quantitative estimate of drug-likeness (QED) is 0.0791. The van der Waals surface area contributed by atoms with Crippen LogP contribution in [0.25, 0.3) is 28.0 Å². The molecule has 2 heterocycles. The van der Waals surface area contributed by atoms with E-state index in [4.69, 9.17) is 28.8 Å². The molecule has 0 aliphatic rings. The average Bonchev–Trinajstić information content (AvgIpc) is 3.36. The topological polar surface area (TPSA) is 161 Å². The van der Waals surface area contributed by atoms with Gasteiger partial charge in [0.25, 0.3) is 0 Å². The Balaban J connectivity index is 1.56. The summed E-state index contributed by atoms with van der Waals surface area (Å²) in [6.45, 7) is 4.79. The molecule has 0 bridgehead atoms. The summed E-state index contributed by atoms with van der Waals surface area (Å²) < 4.78 is 16.5. The van der Waals surface area contributed by atoms with Crippen molar-refractivity contribution < 1.29 is 9.18 Å². The molecule has 4 aromatic rings. The zero-order valence-electron chi connectivity index (χ0n) is 23.7. The van der Waals surface area contributed by atoms with E-state index in [1.165, 1.54) is 4.57 Å². The Morgan fingerprint density at radius 1 is 1.19 bits per heavy atom. The van der Waals surface area contributed by atoms with Crippen LogP contribution in [0.3, 0.4) is 0 Å². The van der Waals surface area contributed by atoms with Crippen molar-refractivity contribution in [2.24, 2.45) is 22.2 Å². The number of hydrogen-bond donors (Lipinski definition) is 4. The van der Waals surface area contributed by atoms with Gasteiger partial charge >= 0.3 is 5.69 Å². The number of halogens is 2. The Bertz CT molecular complexity index is 1630. The number of aromatic amines is 1. The van der Waals surface area contributed by atoms with Crippen molar-refractivity contribution in [1.82, 2.24) is 19.4 Å². The van der Waals surface area contributed by atoms with Crippen molar-refractivity contribution in [3.63, 3.8) is 0 Å². The highest BCUT2D eigenvalue weighted by molar-refractivity contribution is 6.31. The standard InChI is InChI=1S/C30H36ClFN8O2/c1-18(33)5-3-6-20-13-24(27(32)25(31)14-20)26-15-22-16-40(30(42)38-28(22)37-26)23-9-7-21(8-10-23)19(2)39(17-41)12-4-11-36-29(34)35/h7-10,13-19H,3-6,11-12,33H2,1-2H3,(H4,34,35,36)(H,37,38,42)/t18-,19-/m0/s1. The third-order valence-corrected chi connectivity index (χ3v) is 7.44. The fraction of sp³-hybridized carbons (Fsp3) is 0.333. The van der Waals surface area contributed by atoms with E-state index in [0.717, 1.165) is 36.8 Å². The molecule has 42 heavy (non-hydrogen) atoms. The minimum atomic E-state index is -0.542. The maximum absolute atomic E-state index is 15.1. The first-order valence-electron chi connectivity index (χ1n) is 13.8. The third-order valence-electron chi connectivity index (χ3n) is 7.17. The lowest BCUT2D eigenvalue weighted by molar-refractivity contribution is -0.120. The number of fused-ring (bicyclic) bond motifs is 1. The molecule has 0 fully saturated rings. The van der Waals surface area contributed by atoms with Gasteiger partial charge in [-0.15, -0.1) is 0 Å². The number of H-pyrrole nitrogens is 1. The lowest BCUT2D eigenvalue weighted by Crippen LogP contribution is -2.28. The molecule has 1 amide bonds. The van der Waals surface area contributed by atoms with Crippen LogP contribution in [0.2, 0.25) is 5.02 Å². The molecule has 7 N–H and O–H groups in total. The molecular weight excluding hydrogens is 559 g/mol. The van der Waals surface area contributed by atoms with Crippen LogP contribution in [-0.2, 0) is 11.2 Å². The number of nitrogens with one attached hydrogen (secondary N) is 1. The Kier molecular flexibility index (Phi) is 9.97. The minimum Gasteiger partial charge on any atom is -0.370 e. The molecule has 0 radical (unpaired) electrons. The highest BCUT2D eigenvalue weighted by Crippen LogP contribution is 2.31. The maximum atomic E-state index is 15.1. The number of rotatable bonds is 13. The molecule has 2 atom stereocenters. The molecule has 0 aliphatic carbocycles. The van der Waals surface area contributed by atoms with E-state index in [1.54, 1.807) is 41.4 Å². The molecule has 0 aliphatic heterocycles. The predicted molar refractivity (Wildman–Crippen MR) is 165 cm³/mol. The smallest absolute Gasteiger partial charge is 0.354 e. The highest BCUT2D eigenvalue weighted by atomic mass is 35.5. The second kappa shape index (κ2) is 13.6. The zero-order chi connectivity index (χ0) is 30.4. The number of carbonyl (C=O) groups excluding carboxylic acids is 1. The predicted octanol–water partition coefficient (Wildman–Crippen LogP) is 4.03. The summed E-state index contributed by atoms with van der Waals surface area (Å²) in [5.41, 5.74) is 19.6. The number of nitrogens with zero attached hydrogens (tertiary/aromatic N) is 4. The number of aryl methyl sites for hydroxylation is 1. The van der Waals surface area contributed by atoms with Gasteiger partial charge in [0, 0.05) is 36.3 Å². The van der Waals surface area contributed by atoms with Gasteiger partial charge in [-0.05, 0) is 81.0 Å². The molecule has 4 rings (SSSR count). The highest BCUT2D eigenvalue weighted by Gasteiger charge is 2.17. The number of aromatic nitrogens is 3. The summed E-state index contributed by atoms with van der Waals surface area (Å²) in [4.78, 5) is 37.5. The van der Waals surface area contributed by atoms with Crippen molar-refractivity contribution >= 4 is 35.0 Å². The molecule has 2 aromatic carbocycles. The number of aliphatic imine (C=N–C) groups is 1. The Labute approximate surface area is 248 Å². The summed E-state index contributed by atoms with van der Waals surface area (Å²) in [6.07, 6.45) is 5.50. The van der Waals surface area contributed by atoms with Gasteiger partial charge in [-0.3, -0.25) is 14.4 Å². The van der Waals surface area contributed by atoms with Gasteiger partial charge in [-0.1, -0.05) is 23.7 Å². The molecule has 0 spiro atoms. The van der Waals surface area contributed by atoms with E-state index in [2.05, 4.69) is 15.0 Å². The molecule has 10 nitrogen and oxygen atoms in total. The van der Waals surface area contributed by atoms with Crippen LogP contribution < -0.4 is 22.9 Å². The Morgan fingerprint density at radius 2 is 1.93 bits per heavy atom. The summed E-state index contributed by atoms with van der Waals surface area (Å²) in [5, 5.41) is 0.665. The molecular formula is C30H36ClFN8O2. The molecule has 222 valence electrons. The average molecular weight is 595 g/mol. The molecule has 0 saturated carbocycles. The van der Waals surface area contributed by atoms with Crippen molar-refractivity contribution in [2.45, 2.75) is 51.6 Å². The first-order valence-corrected chi connectivity index (χ1v) is 14.2. The monoisotopic (exact) mass is 594 g/mol. The summed E-state index contributed by atoms with van der Waals surface area (Å²) in [6, 6.07) is 12.4. The van der Waals surface area contributed by atoms with Gasteiger partial charge < -0.3 is 27.1 Å². The van der Waals surface area contributed by atoms with Crippen LogP contribution in [0.4, 0.5) is 4.39 Å². The van der Waals surface area contributed by atoms with Gasteiger partial charge in [0.05, 0.1) is 22.4 Å². The largest absolute Gasteiger partial charge is 0.370 e. The fourth-order valence-electron chi connectivity index (χ4n) is 4.84. The third kappa shape index (κ3) is 7.34. The number of nitrogens with two attached hydrogens (primary N) is 3. The molecule has 12 heteroatoms. The van der Waals surface area contributed by atoms with Crippen molar-refractivity contribution in [1.29, 1.82) is 0 Å². The molecule has 0 unspecified atom stereocenters. The van der Waals surface area contributed by atoms with Gasteiger partial charge in [-0.2, -0.15) is 4.98 Å². The van der Waals surface area contributed by atoms with Crippen molar-refractivity contribution in [3.8, 4) is 16.9 Å². The summed E-state index contributed by atoms with van der Waals surface area (Å²) >= 11 is 6.23. The summed E-state index contributed by atoms with van der Waals surface area (Å²) in [7, 11) is 0. The van der Waals surface area contributed by atoms with Crippen LogP contribution in [0, 0.1) is 5.82 Å². The Morgan fingerprint density at radius 3 is 2.60 bits per heavy atom. The van der Waals surface area contributed by atoms with Crippen LogP contribution in [-0.4, -0.2) is 50.9 Å². The number of carbonyl (C=O) groups is 1.